The van der Waals surface area contributed by atoms with Crippen molar-refractivity contribution < 1.29 is 18.0 Å². The normalized spacial score (nSPS) is 17.1. The Bertz CT molecular complexity index is 1650. The molecule has 0 atom stereocenters. The van der Waals surface area contributed by atoms with Crippen molar-refractivity contribution in [2.75, 3.05) is 51.6 Å². The zero-order chi connectivity index (χ0) is 34.3. The van der Waals surface area contributed by atoms with Crippen LogP contribution in [0, 0.1) is 29.1 Å². The third-order valence-corrected chi connectivity index (χ3v) is 9.58. The Morgan fingerprint density at radius 2 is 1.79 bits per heavy atom. The Labute approximate surface area is 281 Å². The van der Waals surface area contributed by atoms with Gasteiger partial charge in [-0.05, 0) is 133 Å². The van der Waals surface area contributed by atoms with Crippen LogP contribution in [0.25, 0.3) is 10.9 Å². The summed E-state index contributed by atoms with van der Waals surface area (Å²) in [6.45, 7) is 7.02. The van der Waals surface area contributed by atoms with Crippen molar-refractivity contribution in [2.24, 2.45) is 5.92 Å². The Balaban J connectivity index is 1.14. The molecule has 0 unspecified atom stereocenters. The Morgan fingerprint density at radius 1 is 1.04 bits per heavy atom. The molecule has 48 heavy (non-hydrogen) atoms. The predicted molar refractivity (Wildman–Crippen MR) is 182 cm³/mol. The molecule has 2 aliphatic heterocycles. The summed E-state index contributed by atoms with van der Waals surface area (Å²) < 4.78 is 41.9. The molecular formula is C37H46F3N7O. The number of fused-ring (bicyclic) bond motifs is 1. The molecule has 0 spiro atoms. The van der Waals surface area contributed by atoms with Crippen molar-refractivity contribution >= 4 is 22.5 Å². The molecular weight excluding hydrogens is 615 g/mol. The van der Waals surface area contributed by atoms with Gasteiger partial charge in [0.05, 0.1) is 47.8 Å². The van der Waals surface area contributed by atoms with E-state index < -0.39 is 18.1 Å². The summed E-state index contributed by atoms with van der Waals surface area (Å²) in [6, 6.07) is 13.5. The van der Waals surface area contributed by atoms with E-state index in [1.165, 1.54) is 4.57 Å². The smallest absolute Gasteiger partial charge is 0.373 e. The molecule has 0 aliphatic carbocycles. The lowest BCUT2D eigenvalue weighted by molar-refractivity contribution is -0.140. The highest BCUT2D eigenvalue weighted by molar-refractivity contribution is 5.83. The third-order valence-electron chi connectivity index (χ3n) is 9.58. The predicted octanol–water partition coefficient (Wildman–Crippen LogP) is 5.72. The number of nitrogens with one attached hydrogen (secondary N) is 2. The molecule has 1 aromatic carbocycles. The summed E-state index contributed by atoms with van der Waals surface area (Å²) in [5.41, 5.74) is 2.60. The number of hydrogen-bond donors (Lipinski definition) is 2. The number of nitriles is 1. The number of pyridine rings is 1. The second-order valence-electron chi connectivity index (χ2n) is 13.9. The van der Waals surface area contributed by atoms with Crippen LogP contribution < -0.4 is 10.6 Å². The van der Waals surface area contributed by atoms with Crippen LogP contribution in [0.15, 0.2) is 42.6 Å². The number of piperidine rings is 2. The van der Waals surface area contributed by atoms with Gasteiger partial charge in [-0.2, -0.15) is 18.4 Å². The van der Waals surface area contributed by atoms with Gasteiger partial charge in [0.25, 0.3) is 0 Å². The standard InChI is InChI=1S/C37H46F3N7O/c1-36(2,25-41)34-11-9-31(23-43-34)42-16-4-5-32-22-29-21-28(8-10-33(29)47(32)26-37(38,39)40)7-6-27-12-19-46(20-13-27)24-35(48)44-30-14-17-45(3)18-15-30/h8-11,21-23,27,30,42H,6-7,12-20,24,26H2,1-3H3,(H,44,48). The second kappa shape index (κ2) is 15.4. The number of alkyl halides is 3. The highest BCUT2D eigenvalue weighted by Gasteiger charge is 2.30. The van der Waals surface area contributed by atoms with Crippen LogP contribution >= 0.6 is 0 Å². The Hall–Kier alpha value is -4.06. The SMILES string of the molecule is CN1CCC(NC(=O)CN2CCC(CCc3ccc4c(c3)cc(C#CCNc3ccc(C(C)(C)C#N)nc3)n4CC(F)(F)F)CC2)CC1. The van der Waals surface area contributed by atoms with Gasteiger partial charge in [0.1, 0.15) is 6.54 Å². The van der Waals surface area contributed by atoms with E-state index in [4.69, 9.17) is 0 Å². The van der Waals surface area contributed by atoms with Gasteiger partial charge < -0.3 is 20.1 Å². The summed E-state index contributed by atoms with van der Waals surface area (Å²) >= 11 is 0. The molecule has 2 aliphatic rings. The molecule has 4 heterocycles. The van der Waals surface area contributed by atoms with E-state index in [1.54, 1.807) is 38.2 Å². The molecule has 2 N–H and O–H groups in total. The van der Waals surface area contributed by atoms with Crippen molar-refractivity contribution in [2.45, 2.75) is 76.6 Å². The highest BCUT2D eigenvalue weighted by Crippen LogP contribution is 2.28. The molecule has 11 heteroatoms. The van der Waals surface area contributed by atoms with Crippen LogP contribution in [-0.2, 0) is 23.2 Å². The fourth-order valence-electron chi connectivity index (χ4n) is 6.57. The van der Waals surface area contributed by atoms with Gasteiger partial charge in [0, 0.05) is 16.9 Å². The summed E-state index contributed by atoms with van der Waals surface area (Å²) in [5.74, 6) is 6.57. The van der Waals surface area contributed by atoms with E-state index in [0.717, 1.165) is 75.7 Å². The van der Waals surface area contributed by atoms with Crippen molar-refractivity contribution in [3.63, 3.8) is 0 Å². The Kier molecular flexibility index (Phi) is 11.3. The molecule has 0 saturated carbocycles. The number of rotatable bonds is 10. The molecule has 8 nitrogen and oxygen atoms in total. The number of halogens is 3. The third kappa shape index (κ3) is 9.74. The average Bonchev–Trinajstić information content (AvgIpc) is 3.38. The number of anilines is 1. The first-order chi connectivity index (χ1) is 22.9. The zero-order valence-electron chi connectivity index (χ0n) is 28.2. The minimum atomic E-state index is -4.38. The molecule has 0 radical (unpaired) electrons. The minimum absolute atomic E-state index is 0.123. The van der Waals surface area contributed by atoms with E-state index in [2.05, 4.69) is 50.4 Å². The summed E-state index contributed by atoms with van der Waals surface area (Å²) in [4.78, 5) is 21.5. The van der Waals surface area contributed by atoms with Crippen molar-refractivity contribution in [1.82, 2.24) is 24.7 Å². The molecule has 2 aromatic heterocycles. The monoisotopic (exact) mass is 661 g/mol. The van der Waals surface area contributed by atoms with E-state index in [-0.39, 0.29) is 18.5 Å². The maximum Gasteiger partial charge on any atom is 0.406 e. The summed E-state index contributed by atoms with van der Waals surface area (Å²) in [6.07, 6.45) is 3.19. The van der Waals surface area contributed by atoms with Crippen LogP contribution in [-0.4, -0.2) is 83.8 Å². The largest absolute Gasteiger partial charge is 0.406 e. The number of aromatic nitrogens is 2. The van der Waals surface area contributed by atoms with Gasteiger partial charge in [0.2, 0.25) is 5.91 Å². The zero-order valence-corrected chi connectivity index (χ0v) is 28.2. The van der Waals surface area contributed by atoms with Crippen LogP contribution in [0.2, 0.25) is 0 Å². The van der Waals surface area contributed by atoms with Crippen molar-refractivity contribution in [3.8, 4) is 17.9 Å². The molecule has 5 rings (SSSR count). The van der Waals surface area contributed by atoms with Gasteiger partial charge in [0.15, 0.2) is 0 Å². The van der Waals surface area contributed by atoms with E-state index in [9.17, 15) is 23.2 Å². The fraction of sp³-hybridized carbons (Fsp3) is 0.541. The van der Waals surface area contributed by atoms with E-state index >= 15 is 0 Å². The molecule has 2 saturated heterocycles. The molecule has 1 amide bonds. The van der Waals surface area contributed by atoms with Crippen LogP contribution in [0.4, 0.5) is 18.9 Å². The van der Waals surface area contributed by atoms with Crippen LogP contribution in [0.1, 0.15) is 62.9 Å². The molecule has 0 bridgehead atoms. The highest BCUT2D eigenvalue weighted by atomic mass is 19.4. The van der Waals surface area contributed by atoms with Gasteiger partial charge in [-0.15, -0.1) is 0 Å². The maximum absolute atomic E-state index is 13.6. The molecule has 256 valence electrons. The first-order valence-electron chi connectivity index (χ1n) is 16.9. The van der Waals surface area contributed by atoms with Crippen molar-refractivity contribution in [3.05, 3.63) is 59.5 Å². The molecule has 3 aromatic rings. The van der Waals surface area contributed by atoms with Gasteiger partial charge in [-0.25, -0.2) is 0 Å². The first-order valence-corrected chi connectivity index (χ1v) is 16.9. The number of aryl methyl sites for hydroxylation is 1. The topological polar surface area (TPSA) is 89.2 Å². The number of benzene rings is 1. The lowest BCUT2D eigenvalue weighted by atomic mass is 9.90. The number of amides is 1. The van der Waals surface area contributed by atoms with Gasteiger partial charge in [-0.3, -0.25) is 14.7 Å². The van der Waals surface area contributed by atoms with E-state index in [1.807, 2.05) is 18.2 Å². The van der Waals surface area contributed by atoms with Crippen LogP contribution in [0.5, 0.6) is 0 Å². The average molecular weight is 662 g/mol. The maximum atomic E-state index is 13.6. The van der Waals surface area contributed by atoms with Crippen LogP contribution in [0.3, 0.4) is 0 Å². The van der Waals surface area contributed by atoms with Crippen molar-refractivity contribution in [1.29, 1.82) is 5.26 Å². The number of hydrogen-bond acceptors (Lipinski definition) is 6. The molecule has 2 fully saturated rings. The summed E-state index contributed by atoms with van der Waals surface area (Å²) in [5, 5.41) is 16.4. The van der Waals surface area contributed by atoms with Gasteiger partial charge in [-0.1, -0.05) is 12.0 Å². The van der Waals surface area contributed by atoms with E-state index in [0.29, 0.717) is 35.1 Å². The number of carbonyl (C=O) groups excluding carboxylic acids is 1. The quantitative estimate of drug-likeness (QED) is 0.271. The first kappa shape index (κ1) is 35.3. The number of likely N-dealkylation sites (tertiary alicyclic amines) is 2. The number of nitrogens with zero attached hydrogens (tertiary/aromatic N) is 5. The van der Waals surface area contributed by atoms with Gasteiger partial charge >= 0.3 is 6.18 Å². The minimum Gasteiger partial charge on any atom is -0.373 e. The lowest BCUT2D eigenvalue weighted by Gasteiger charge is -2.33. The number of carbonyl (C=O) groups is 1. The summed E-state index contributed by atoms with van der Waals surface area (Å²) in [7, 11) is 2.11. The Morgan fingerprint density at radius 3 is 2.46 bits per heavy atom. The second-order valence-corrected chi connectivity index (χ2v) is 13.9. The fourth-order valence-corrected chi connectivity index (χ4v) is 6.57. The lowest BCUT2D eigenvalue weighted by Crippen LogP contribution is -2.47.